The molecule has 1 heterocycles. The van der Waals surface area contributed by atoms with Crippen LogP contribution in [0.25, 0.3) is 22.1 Å². The maximum Gasteiger partial charge on any atom is 0.336 e. The zero-order chi connectivity index (χ0) is 18.8. The minimum atomic E-state index is -0.469. The molecule has 4 aromatic rings. The minimum absolute atomic E-state index is 0.0144. The van der Waals surface area contributed by atoms with E-state index in [0.717, 1.165) is 11.1 Å². The van der Waals surface area contributed by atoms with E-state index in [4.69, 9.17) is 20.8 Å². The number of hydrogen-bond donors (Lipinski definition) is 0. The van der Waals surface area contributed by atoms with Gasteiger partial charge in [-0.15, -0.1) is 0 Å². The van der Waals surface area contributed by atoms with Crippen LogP contribution in [-0.2, 0) is 6.61 Å². The Morgan fingerprint density at radius 3 is 2.48 bits per heavy atom. The molecular weight excluding hydrogens is 367 g/mol. The van der Waals surface area contributed by atoms with E-state index in [1.807, 2.05) is 30.3 Å². The van der Waals surface area contributed by atoms with Crippen LogP contribution in [0.1, 0.15) is 5.56 Å². The second-order valence-corrected chi connectivity index (χ2v) is 6.41. The highest BCUT2D eigenvalue weighted by Crippen LogP contribution is 2.35. The Kier molecular flexibility index (Phi) is 4.65. The average molecular weight is 381 g/mol. The molecule has 0 aliphatic carbocycles. The summed E-state index contributed by atoms with van der Waals surface area (Å²) in [6, 6.07) is 20.5. The highest BCUT2D eigenvalue weighted by Gasteiger charge is 2.13. The Hall–Kier alpha value is -3.11. The van der Waals surface area contributed by atoms with Crippen molar-refractivity contribution in [3.05, 3.63) is 99.6 Å². The third kappa shape index (κ3) is 3.57. The van der Waals surface area contributed by atoms with Crippen molar-refractivity contribution in [1.29, 1.82) is 0 Å². The summed E-state index contributed by atoms with van der Waals surface area (Å²) in [6.45, 7) is 0.0144. The van der Waals surface area contributed by atoms with Crippen molar-refractivity contribution in [1.82, 2.24) is 0 Å². The fraction of sp³-hybridized carbons (Fsp3) is 0.0455. The molecule has 0 saturated heterocycles. The Balaban J connectivity index is 1.76. The van der Waals surface area contributed by atoms with Gasteiger partial charge in [0.1, 0.15) is 23.8 Å². The minimum Gasteiger partial charge on any atom is -0.487 e. The van der Waals surface area contributed by atoms with Gasteiger partial charge in [-0.25, -0.2) is 9.18 Å². The van der Waals surface area contributed by atoms with Gasteiger partial charge in [0, 0.05) is 23.1 Å². The van der Waals surface area contributed by atoms with Crippen LogP contribution in [0.15, 0.2) is 82.0 Å². The van der Waals surface area contributed by atoms with E-state index in [-0.39, 0.29) is 12.4 Å². The third-order valence-corrected chi connectivity index (χ3v) is 4.52. The maximum atomic E-state index is 13.8. The van der Waals surface area contributed by atoms with Crippen LogP contribution in [-0.4, -0.2) is 0 Å². The van der Waals surface area contributed by atoms with Crippen LogP contribution in [0.4, 0.5) is 4.39 Å². The summed E-state index contributed by atoms with van der Waals surface area (Å²) in [5.74, 6) is -0.0342. The molecule has 27 heavy (non-hydrogen) atoms. The summed E-state index contributed by atoms with van der Waals surface area (Å²) < 4.78 is 24.8. The van der Waals surface area contributed by atoms with Gasteiger partial charge in [-0.05, 0) is 23.3 Å². The molecule has 3 nitrogen and oxygen atoms in total. The lowest BCUT2D eigenvalue weighted by Gasteiger charge is -2.11. The summed E-state index contributed by atoms with van der Waals surface area (Å²) in [4.78, 5) is 12.0. The third-order valence-electron chi connectivity index (χ3n) is 4.22. The van der Waals surface area contributed by atoms with Crippen LogP contribution in [0.2, 0.25) is 5.02 Å². The van der Waals surface area contributed by atoms with Crippen LogP contribution >= 0.6 is 11.6 Å². The van der Waals surface area contributed by atoms with E-state index in [2.05, 4.69) is 0 Å². The summed E-state index contributed by atoms with van der Waals surface area (Å²) >= 11 is 6.37. The van der Waals surface area contributed by atoms with Gasteiger partial charge in [0.25, 0.3) is 0 Å². The van der Waals surface area contributed by atoms with Gasteiger partial charge in [-0.3, -0.25) is 0 Å². The number of rotatable bonds is 4. The first-order valence-electron chi connectivity index (χ1n) is 8.31. The Bertz CT molecular complexity index is 1170. The van der Waals surface area contributed by atoms with Crippen molar-refractivity contribution in [2.24, 2.45) is 0 Å². The Labute approximate surface area is 159 Å². The molecule has 0 aliphatic heterocycles. The molecule has 0 aliphatic rings. The molecule has 0 atom stereocenters. The molecule has 0 fully saturated rings. The van der Waals surface area contributed by atoms with Crippen LogP contribution in [0.5, 0.6) is 5.75 Å². The summed E-state index contributed by atoms with van der Waals surface area (Å²) in [5.41, 5.74) is 1.90. The fourth-order valence-electron chi connectivity index (χ4n) is 2.90. The normalized spacial score (nSPS) is 10.9. The van der Waals surface area contributed by atoms with E-state index < -0.39 is 5.63 Å². The molecule has 1 aromatic heterocycles. The van der Waals surface area contributed by atoms with Crippen molar-refractivity contribution in [2.75, 3.05) is 0 Å². The zero-order valence-electron chi connectivity index (χ0n) is 14.1. The quantitative estimate of drug-likeness (QED) is 0.418. The average Bonchev–Trinajstić information content (AvgIpc) is 2.68. The molecule has 3 aromatic carbocycles. The summed E-state index contributed by atoms with van der Waals surface area (Å²) in [5, 5.41) is 1.05. The Morgan fingerprint density at radius 2 is 1.70 bits per heavy atom. The molecule has 134 valence electrons. The van der Waals surface area contributed by atoms with E-state index in [9.17, 15) is 9.18 Å². The van der Waals surface area contributed by atoms with Gasteiger partial charge < -0.3 is 9.15 Å². The van der Waals surface area contributed by atoms with Crippen molar-refractivity contribution in [2.45, 2.75) is 6.61 Å². The molecule has 0 N–H and O–H groups in total. The van der Waals surface area contributed by atoms with Gasteiger partial charge >= 0.3 is 5.63 Å². The smallest absolute Gasteiger partial charge is 0.336 e. The second kappa shape index (κ2) is 7.25. The lowest BCUT2D eigenvalue weighted by Crippen LogP contribution is -2.01. The number of hydrogen-bond acceptors (Lipinski definition) is 3. The fourth-order valence-corrected chi connectivity index (χ4v) is 3.12. The van der Waals surface area contributed by atoms with E-state index in [0.29, 0.717) is 27.3 Å². The van der Waals surface area contributed by atoms with E-state index in [1.54, 1.807) is 30.3 Å². The zero-order valence-corrected chi connectivity index (χ0v) is 14.9. The molecule has 0 spiro atoms. The lowest BCUT2D eigenvalue weighted by molar-refractivity contribution is 0.300. The summed E-state index contributed by atoms with van der Waals surface area (Å²) in [6.07, 6.45) is 0. The molecule has 0 unspecified atom stereocenters. The van der Waals surface area contributed by atoms with Gasteiger partial charge in [-0.1, -0.05) is 60.1 Å². The first-order valence-corrected chi connectivity index (χ1v) is 8.68. The Morgan fingerprint density at radius 1 is 0.963 bits per heavy atom. The van der Waals surface area contributed by atoms with Gasteiger partial charge in [0.2, 0.25) is 0 Å². The summed E-state index contributed by atoms with van der Waals surface area (Å²) in [7, 11) is 0. The second-order valence-electron chi connectivity index (χ2n) is 6.00. The first kappa shape index (κ1) is 17.3. The predicted octanol–water partition coefficient (Wildman–Crippen LogP) is 5.83. The topological polar surface area (TPSA) is 39.4 Å². The highest BCUT2D eigenvalue weighted by molar-refractivity contribution is 6.33. The number of fused-ring (bicyclic) bond motifs is 1. The van der Waals surface area contributed by atoms with Crippen LogP contribution in [0.3, 0.4) is 0 Å². The number of benzene rings is 3. The highest BCUT2D eigenvalue weighted by atomic mass is 35.5. The first-order chi connectivity index (χ1) is 13.1. The van der Waals surface area contributed by atoms with Gasteiger partial charge in [-0.2, -0.15) is 0 Å². The van der Waals surface area contributed by atoms with E-state index >= 15 is 0 Å². The molecule has 0 saturated carbocycles. The van der Waals surface area contributed by atoms with Crippen molar-refractivity contribution in [3.63, 3.8) is 0 Å². The molecule has 0 amide bonds. The molecular formula is C22H14ClFO3. The monoisotopic (exact) mass is 380 g/mol. The van der Waals surface area contributed by atoms with Gasteiger partial charge in [0.15, 0.2) is 0 Å². The molecule has 0 radical (unpaired) electrons. The van der Waals surface area contributed by atoms with Crippen molar-refractivity contribution >= 4 is 22.6 Å². The van der Waals surface area contributed by atoms with Crippen LogP contribution < -0.4 is 10.4 Å². The van der Waals surface area contributed by atoms with Gasteiger partial charge in [0.05, 0.1) is 5.02 Å². The lowest BCUT2D eigenvalue weighted by atomic mass is 10.0. The standard InChI is InChI=1S/C22H14ClFO3/c23-18-10-17-16(14-6-2-1-3-7-14)11-22(25)27-20(17)12-21(18)26-13-15-8-4-5-9-19(15)24/h1-12H,13H2. The molecule has 5 heteroatoms. The van der Waals surface area contributed by atoms with Crippen molar-refractivity contribution < 1.29 is 13.5 Å². The molecule has 4 rings (SSSR count). The van der Waals surface area contributed by atoms with Crippen LogP contribution in [0, 0.1) is 5.82 Å². The largest absolute Gasteiger partial charge is 0.487 e. The maximum absolute atomic E-state index is 13.8. The SMILES string of the molecule is O=c1cc(-c2ccccc2)c2cc(Cl)c(OCc3ccccc3F)cc2o1. The molecule has 0 bridgehead atoms. The predicted molar refractivity (Wildman–Crippen MR) is 104 cm³/mol. The number of halogens is 2. The number of ether oxygens (including phenoxy) is 1. The van der Waals surface area contributed by atoms with Crippen molar-refractivity contribution in [3.8, 4) is 16.9 Å². The van der Waals surface area contributed by atoms with E-state index in [1.165, 1.54) is 12.1 Å².